The maximum absolute atomic E-state index is 6.23. The largest absolute Gasteiger partial charge is 0.490 e. The van der Waals surface area contributed by atoms with Crippen molar-refractivity contribution in [3.8, 4) is 5.75 Å². The van der Waals surface area contributed by atoms with Crippen molar-refractivity contribution in [3.05, 3.63) is 42.0 Å². The summed E-state index contributed by atoms with van der Waals surface area (Å²) in [6, 6.07) is 8.87. The van der Waals surface area contributed by atoms with Crippen LogP contribution >= 0.6 is 0 Å². The van der Waals surface area contributed by atoms with Crippen molar-refractivity contribution in [3.63, 3.8) is 0 Å². The molecule has 3 atom stereocenters. The number of nitrogens with one attached hydrogen (secondary N) is 1. The Hall–Kier alpha value is -1.28. The second-order valence-electron chi connectivity index (χ2n) is 5.32. The van der Waals surface area contributed by atoms with Gasteiger partial charge in [-0.1, -0.05) is 30.4 Å². The first-order valence-corrected chi connectivity index (χ1v) is 6.96. The lowest BCUT2D eigenvalue weighted by molar-refractivity contribution is 0.0887. The Morgan fingerprint density at radius 2 is 2.11 bits per heavy atom. The van der Waals surface area contributed by atoms with E-state index in [2.05, 4.69) is 41.7 Å². The third-order valence-electron chi connectivity index (χ3n) is 4.22. The molecule has 0 spiro atoms. The highest BCUT2D eigenvalue weighted by molar-refractivity contribution is 5.38. The van der Waals surface area contributed by atoms with Crippen molar-refractivity contribution in [2.24, 2.45) is 5.92 Å². The number of hydrogen-bond acceptors (Lipinski definition) is 2. The van der Waals surface area contributed by atoms with Crippen molar-refractivity contribution in [2.45, 2.75) is 37.8 Å². The molecule has 0 amide bonds. The number of para-hydroxylation sites is 1. The molecular formula is C16H21NO. The van der Waals surface area contributed by atoms with Crippen LogP contribution in [-0.2, 0) is 0 Å². The second kappa shape index (κ2) is 5.15. The molecule has 3 unspecified atom stereocenters. The predicted molar refractivity (Wildman–Crippen MR) is 73.8 cm³/mol. The zero-order valence-corrected chi connectivity index (χ0v) is 10.9. The fourth-order valence-corrected chi connectivity index (χ4v) is 3.16. The Morgan fingerprint density at radius 3 is 2.89 bits per heavy atom. The molecule has 1 aliphatic heterocycles. The molecule has 96 valence electrons. The molecule has 1 aromatic rings. The van der Waals surface area contributed by atoms with E-state index in [0.717, 1.165) is 12.2 Å². The standard InChI is InChI=1S/C16H21NO/c1-17-14-11-16(12-7-3-2-4-8-12)18-15-10-6-5-9-13(14)15/h2-3,5-6,9-10,12,14,16-17H,4,7-8,11H2,1H3. The van der Waals surface area contributed by atoms with Crippen LogP contribution in [0.25, 0.3) is 0 Å². The van der Waals surface area contributed by atoms with Crippen molar-refractivity contribution >= 4 is 0 Å². The summed E-state index contributed by atoms with van der Waals surface area (Å²) in [5.74, 6) is 1.75. The molecule has 0 saturated heterocycles. The Bertz CT molecular complexity index is 440. The fourth-order valence-electron chi connectivity index (χ4n) is 3.16. The molecule has 0 radical (unpaired) electrons. The highest BCUT2D eigenvalue weighted by atomic mass is 16.5. The van der Waals surface area contributed by atoms with Gasteiger partial charge in [0.15, 0.2) is 0 Å². The zero-order chi connectivity index (χ0) is 12.4. The van der Waals surface area contributed by atoms with E-state index in [1.807, 2.05) is 7.05 Å². The molecule has 0 saturated carbocycles. The maximum atomic E-state index is 6.23. The van der Waals surface area contributed by atoms with E-state index >= 15 is 0 Å². The van der Waals surface area contributed by atoms with E-state index in [0.29, 0.717) is 18.1 Å². The van der Waals surface area contributed by atoms with Gasteiger partial charge in [0.2, 0.25) is 0 Å². The Morgan fingerprint density at radius 1 is 1.22 bits per heavy atom. The number of rotatable bonds is 2. The van der Waals surface area contributed by atoms with Crippen LogP contribution in [0.3, 0.4) is 0 Å². The normalized spacial score (nSPS) is 30.6. The Labute approximate surface area is 109 Å². The van der Waals surface area contributed by atoms with Gasteiger partial charge in [0.1, 0.15) is 11.9 Å². The van der Waals surface area contributed by atoms with Crippen molar-refractivity contribution in [1.29, 1.82) is 0 Å². The van der Waals surface area contributed by atoms with Gasteiger partial charge in [-0.3, -0.25) is 0 Å². The fraction of sp³-hybridized carbons (Fsp3) is 0.500. The van der Waals surface area contributed by atoms with Gasteiger partial charge in [-0.15, -0.1) is 0 Å². The van der Waals surface area contributed by atoms with Gasteiger partial charge < -0.3 is 10.1 Å². The van der Waals surface area contributed by atoms with E-state index in [9.17, 15) is 0 Å². The summed E-state index contributed by atoms with van der Waals surface area (Å²) in [7, 11) is 2.05. The molecule has 0 aromatic heterocycles. The lowest BCUT2D eigenvalue weighted by Gasteiger charge is -2.37. The molecule has 18 heavy (non-hydrogen) atoms. The van der Waals surface area contributed by atoms with Gasteiger partial charge >= 0.3 is 0 Å². The molecule has 2 nitrogen and oxygen atoms in total. The lowest BCUT2D eigenvalue weighted by atomic mass is 9.83. The third kappa shape index (κ3) is 2.17. The van der Waals surface area contributed by atoms with Crippen LogP contribution in [0.5, 0.6) is 5.75 Å². The first-order valence-electron chi connectivity index (χ1n) is 6.96. The summed E-state index contributed by atoms with van der Waals surface area (Å²) in [5, 5.41) is 3.43. The first kappa shape index (κ1) is 11.8. The first-order chi connectivity index (χ1) is 8.88. The van der Waals surface area contributed by atoms with E-state index in [4.69, 9.17) is 4.74 Å². The van der Waals surface area contributed by atoms with Crippen molar-refractivity contribution in [1.82, 2.24) is 5.32 Å². The van der Waals surface area contributed by atoms with E-state index in [1.165, 1.54) is 24.8 Å². The minimum atomic E-state index is 0.363. The van der Waals surface area contributed by atoms with Crippen LogP contribution < -0.4 is 10.1 Å². The average Bonchev–Trinajstić information content (AvgIpc) is 2.47. The van der Waals surface area contributed by atoms with Gasteiger partial charge in [0.25, 0.3) is 0 Å². The van der Waals surface area contributed by atoms with Gasteiger partial charge in [-0.2, -0.15) is 0 Å². The summed E-state index contributed by atoms with van der Waals surface area (Å²) in [6.45, 7) is 0. The predicted octanol–water partition coefficient (Wildman–Crippen LogP) is 3.45. The number of hydrogen-bond donors (Lipinski definition) is 1. The molecule has 1 aromatic carbocycles. The van der Waals surface area contributed by atoms with Crippen molar-refractivity contribution < 1.29 is 4.74 Å². The molecule has 1 N–H and O–H groups in total. The van der Waals surface area contributed by atoms with Gasteiger partial charge in [-0.25, -0.2) is 0 Å². The third-order valence-corrected chi connectivity index (χ3v) is 4.22. The average molecular weight is 243 g/mol. The molecule has 2 heteroatoms. The summed E-state index contributed by atoms with van der Waals surface area (Å²) < 4.78 is 6.23. The van der Waals surface area contributed by atoms with Crippen LogP contribution in [-0.4, -0.2) is 13.2 Å². The molecule has 1 heterocycles. The molecule has 0 fully saturated rings. The van der Waals surface area contributed by atoms with Crippen LogP contribution in [0.15, 0.2) is 36.4 Å². The second-order valence-corrected chi connectivity index (χ2v) is 5.32. The van der Waals surface area contributed by atoms with Gasteiger partial charge in [0.05, 0.1) is 0 Å². The van der Waals surface area contributed by atoms with E-state index in [-0.39, 0.29) is 0 Å². The SMILES string of the molecule is CNC1CC(C2CC=CCC2)Oc2ccccc21. The summed E-state index contributed by atoms with van der Waals surface area (Å²) in [5.41, 5.74) is 1.31. The van der Waals surface area contributed by atoms with Gasteiger partial charge in [0, 0.05) is 18.0 Å². The van der Waals surface area contributed by atoms with E-state index < -0.39 is 0 Å². The number of allylic oxidation sites excluding steroid dienone is 2. The monoisotopic (exact) mass is 243 g/mol. The highest BCUT2D eigenvalue weighted by Gasteiger charge is 2.32. The zero-order valence-electron chi connectivity index (χ0n) is 10.9. The minimum absolute atomic E-state index is 0.363. The quantitative estimate of drug-likeness (QED) is 0.803. The summed E-state index contributed by atoms with van der Waals surface area (Å²) >= 11 is 0. The lowest BCUT2D eigenvalue weighted by Crippen LogP contribution is -2.36. The molecule has 3 rings (SSSR count). The smallest absolute Gasteiger partial charge is 0.124 e. The highest BCUT2D eigenvalue weighted by Crippen LogP contribution is 2.38. The van der Waals surface area contributed by atoms with Crippen LogP contribution in [0, 0.1) is 5.92 Å². The van der Waals surface area contributed by atoms with E-state index in [1.54, 1.807) is 0 Å². The Balaban J connectivity index is 1.82. The Kier molecular flexibility index (Phi) is 3.37. The topological polar surface area (TPSA) is 21.3 Å². The van der Waals surface area contributed by atoms with Crippen molar-refractivity contribution in [2.75, 3.05) is 7.05 Å². The minimum Gasteiger partial charge on any atom is -0.490 e. The van der Waals surface area contributed by atoms with Crippen LogP contribution in [0.2, 0.25) is 0 Å². The number of fused-ring (bicyclic) bond motifs is 1. The summed E-state index contributed by atoms with van der Waals surface area (Å²) in [4.78, 5) is 0. The molecule has 2 aliphatic rings. The number of ether oxygens (including phenoxy) is 1. The molecule has 1 aliphatic carbocycles. The molecular weight excluding hydrogens is 222 g/mol. The summed E-state index contributed by atoms with van der Waals surface area (Å²) in [6.07, 6.45) is 9.70. The van der Waals surface area contributed by atoms with Crippen LogP contribution in [0.4, 0.5) is 0 Å². The molecule has 0 bridgehead atoms. The maximum Gasteiger partial charge on any atom is 0.124 e. The number of benzene rings is 1. The van der Waals surface area contributed by atoms with Crippen LogP contribution in [0.1, 0.15) is 37.3 Å². The van der Waals surface area contributed by atoms with Gasteiger partial charge in [-0.05, 0) is 38.3 Å².